The molecule has 1 unspecified atom stereocenters. The van der Waals surface area contributed by atoms with Gasteiger partial charge in [0.2, 0.25) is 0 Å². The molecular weight excluding hydrogens is 314 g/mol. The first-order valence-corrected chi connectivity index (χ1v) is 12.5. The topological polar surface area (TPSA) is 12.0 Å². The van der Waals surface area contributed by atoms with Gasteiger partial charge in [-0.25, -0.2) is 0 Å². The third kappa shape index (κ3) is 22.0. The van der Waals surface area contributed by atoms with E-state index in [1.165, 1.54) is 135 Å². The van der Waals surface area contributed by atoms with Crippen LogP contribution in [0.1, 0.15) is 149 Å². The van der Waals surface area contributed by atoms with Gasteiger partial charge in [0.05, 0.1) is 0 Å². The van der Waals surface area contributed by atoms with Crippen molar-refractivity contribution in [3.63, 3.8) is 0 Å². The minimum Gasteiger partial charge on any atom is -0.314 e. The fourth-order valence-electron chi connectivity index (χ4n) is 3.80. The summed E-state index contributed by atoms with van der Waals surface area (Å²) in [6.45, 7) is 8.12. The summed E-state index contributed by atoms with van der Waals surface area (Å²) in [5.41, 5.74) is 0. The van der Waals surface area contributed by atoms with Crippen LogP contribution in [0.15, 0.2) is 0 Å². The molecule has 158 valence electrons. The molecular formula is C25H53N. The lowest BCUT2D eigenvalue weighted by Crippen LogP contribution is -2.26. The Kier molecular flexibility index (Phi) is 23.0. The summed E-state index contributed by atoms with van der Waals surface area (Å²) in [7, 11) is 0. The summed E-state index contributed by atoms with van der Waals surface area (Å²) in [5, 5.41) is 3.64. The summed E-state index contributed by atoms with van der Waals surface area (Å²) >= 11 is 0. The Labute approximate surface area is 167 Å². The highest BCUT2D eigenvalue weighted by Crippen LogP contribution is 2.14. The lowest BCUT2D eigenvalue weighted by Gasteiger charge is -2.13. The zero-order valence-corrected chi connectivity index (χ0v) is 18.9. The fraction of sp³-hybridized carbons (Fsp3) is 1.00. The van der Waals surface area contributed by atoms with Crippen LogP contribution in [0.3, 0.4) is 0 Å². The van der Waals surface area contributed by atoms with Gasteiger partial charge in [-0.3, -0.25) is 0 Å². The first kappa shape index (κ1) is 26.0. The van der Waals surface area contributed by atoms with E-state index in [-0.39, 0.29) is 0 Å². The number of hydrogen-bond acceptors (Lipinski definition) is 1. The number of hydrogen-bond donors (Lipinski definition) is 1. The average molecular weight is 368 g/mol. The monoisotopic (exact) mass is 367 g/mol. The van der Waals surface area contributed by atoms with Crippen molar-refractivity contribution in [1.82, 2.24) is 5.32 Å². The van der Waals surface area contributed by atoms with Crippen LogP contribution in [-0.2, 0) is 0 Å². The van der Waals surface area contributed by atoms with Crippen molar-refractivity contribution >= 4 is 0 Å². The van der Waals surface area contributed by atoms with Crippen molar-refractivity contribution in [2.45, 2.75) is 155 Å². The molecule has 0 radical (unpaired) electrons. The first-order valence-electron chi connectivity index (χ1n) is 12.5. The highest BCUT2D eigenvalue weighted by atomic mass is 14.9. The average Bonchev–Trinajstić information content (AvgIpc) is 2.64. The van der Waals surface area contributed by atoms with Gasteiger partial charge in [0.1, 0.15) is 0 Å². The van der Waals surface area contributed by atoms with Gasteiger partial charge in [0, 0.05) is 6.04 Å². The summed E-state index contributed by atoms with van der Waals surface area (Å²) in [6, 6.07) is 0.720. The quantitative estimate of drug-likeness (QED) is 0.188. The molecule has 1 N–H and O–H groups in total. The molecule has 0 aliphatic heterocycles. The van der Waals surface area contributed by atoms with Crippen molar-refractivity contribution in [3.05, 3.63) is 0 Å². The molecule has 0 bridgehead atoms. The molecule has 1 nitrogen and oxygen atoms in total. The maximum absolute atomic E-state index is 3.64. The predicted molar refractivity (Wildman–Crippen MR) is 121 cm³/mol. The highest BCUT2D eigenvalue weighted by molar-refractivity contribution is 4.60. The molecule has 0 fully saturated rings. The Bertz CT molecular complexity index is 238. The van der Waals surface area contributed by atoms with E-state index in [4.69, 9.17) is 0 Å². The molecule has 0 heterocycles. The number of unbranched alkanes of at least 4 members (excludes halogenated alkanes) is 17. The van der Waals surface area contributed by atoms with E-state index in [9.17, 15) is 0 Å². The maximum Gasteiger partial charge on any atom is 0.00387 e. The third-order valence-electron chi connectivity index (χ3n) is 5.76. The van der Waals surface area contributed by atoms with E-state index in [1.54, 1.807) is 0 Å². The Morgan fingerprint density at radius 2 is 0.808 bits per heavy atom. The molecule has 0 aromatic carbocycles. The minimum absolute atomic E-state index is 0.720. The van der Waals surface area contributed by atoms with Gasteiger partial charge in [-0.2, -0.15) is 0 Å². The number of nitrogens with one attached hydrogen (secondary N) is 1. The fourth-order valence-corrected chi connectivity index (χ4v) is 3.80. The summed E-state index contributed by atoms with van der Waals surface area (Å²) in [4.78, 5) is 0. The van der Waals surface area contributed by atoms with Crippen LogP contribution in [0.5, 0.6) is 0 Å². The summed E-state index contributed by atoms with van der Waals surface area (Å²) in [5.74, 6) is 0. The Morgan fingerprint density at radius 3 is 1.19 bits per heavy atom. The second kappa shape index (κ2) is 23.0. The van der Waals surface area contributed by atoms with Gasteiger partial charge in [0.15, 0.2) is 0 Å². The van der Waals surface area contributed by atoms with E-state index in [1.807, 2.05) is 0 Å². The van der Waals surface area contributed by atoms with Crippen molar-refractivity contribution in [3.8, 4) is 0 Å². The van der Waals surface area contributed by atoms with E-state index in [0.29, 0.717) is 0 Å². The van der Waals surface area contributed by atoms with Gasteiger partial charge in [-0.15, -0.1) is 0 Å². The van der Waals surface area contributed by atoms with E-state index in [0.717, 1.165) is 6.04 Å². The molecule has 0 amide bonds. The highest BCUT2D eigenvalue weighted by Gasteiger charge is 2.00. The molecule has 26 heavy (non-hydrogen) atoms. The van der Waals surface area contributed by atoms with Crippen molar-refractivity contribution in [1.29, 1.82) is 0 Å². The Morgan fingerprint density at radius 1 is 0.462 bits per heavy atom. The van der Waals surface area contributed by atoms with E-state index >= 15 is 0 Å². The van der Waals surface area contributed by atoms with Crippen LogP contribution in [0.25, 0.3) is 0 Å². The maximum atomic E-state index is 3.64. The molecule has 0 aliphatic rings. The zero-order valence-electron chi connectivity index (χ0n) is 18.9. The predicted octanol–water partition coefficient (Wildman–Crippen LogP) is 8.81. The molecule has 0 aliphatic carbocycles. The lowest BCUT2D eigenvalue weighted by molar-refractivity contribution is 0.470. The summed E-state index contributed by atoms with van der Waals surface area (Å²) < 4.78 is 0. The molecule has 0 rings (SSSR count). The van der Waals surface area contributed by atoms with E-state index < -0.39 is 0 Å². The first-order chi connectivity index (χ1) is 12.8. The molecule has 1 heteroatoms. The van der Waals surface area contributed by atoms with Crippen LogP contribution in [0.2, 0.25) is 0 Å². The van der Waals surface area contributed by atoms with Crippen LogP contribution >= 0.6 is 0 Å². The van der Waals surface area contributed by atoms with Gasteiger partial charge < -0.3 is 5.32 Å². The van der Waals surface area contributed by atoms with Crippen LogP contribution in [0, 0.1) is 0 Å². The molecule has 0 aromatic heterocycles. The van der Waals surface area contributed by atoms with Crippen LogP contribution in [0.4, 0.5) is 0 Å². The molecule has 0 aromatic rings. The Balaban J connectivity index is 3.05. The van der Waals surface area contributed by atoms with Crippen molar-refractivity contribution < 1.29 is 0 Å². The largest absolute Gasteiger partial charge is 0.314 e. The third-order valence-corrected chi connectivity index (χ3v) is 5.76. The van der Waals surface area contributed by atoms with Crippen LogP contribution < -0.4 is 5.32 Å². The van der Waals surface area contributed by atoms with E-state index in [2.05, 4.69) is 26.1 Å². The second-order valence-corrected chi connectivity index (χ2v) is 8.65. The molecule has 0 saturated heterocycles. The number of rotatable bonds is 22. The van der Waals surface area contributed by atoms with Crippen molar-refractivity contribution in [2.24, 2.45) is 0 Å². The lowest BCUT2D eigenvalue weighted by atomic mass is 10.0. The molecule has 1 atom stereocenters. The van der Waals surface area contributed by atoms with Gasteiger partial charge in [-0.1, -0.05) is 129 Å². The van der Waals surface area contributed by atoms with Gasteiger partial charge in [-0.05, 0) is 26.3 Å². The van der Waals surface area contributed by atoms with Crippen LogP contribution in [-0.4, -0.2) is 12.6 Å². The molecule has 0 spiro atoms. The van der Waals surface area contributed by atoms with Gasteiger partial charge in [0.25, 0.3) is 0 Å². The normalized spacial score (nSPS) is 12.6. The summed E-state index contributed by atoms with van der Waals surface area (Å²) in [6.07, 6.45) is 28.9. The SMILES string of the molecule is CCCCCCCCCCCCCCCCCCCC(C)NCCCC. The second-order valence-electron chi connectivity index (χ2n) is 8.65. The Hall–Kier alpha value is -0.0400. The van der Waals surface area contributed by atoms with Gasteiger partial charge >= 0.3 is 0 Å². The standard InChI is InChI=1S/C25H53N/c1-4-6-8-9-10-11-12-13-14-15-16-17-18-19-20-21-22-23-25(3)26-24-7-5-2/h25-26H,4-24H2,1-3H3. The smallest absolute Gasteiger partial charge is 0.00387 e. The molecule has 0 saturated carbocycles. The zero-order chi connectivity index (χ0) is 19.1. The van der Waals surface area contributed by atoms with Crippen molar-refractivity contribution in [2.75, 3.05) is 6.54 Å². The minimum atomic E-state index is 0.720.